The Morgan fingerprint density at radius 3 is 2.20 bits per heavy atom. The van der Waals surface area contributed by atoms with Gasteiger partial charge in [-0.05, 0) is 32.1 Å². The van der Waals surface area contributed by atoms with E-state index in [0.29, 0.717) is 0 Å². The molecule has 0 unspecified atom stereocenters. The van der Waals surface area contributed by atoms with Crippen molar-refractivity contribution in [3.05, 3.63) is 24.4 Å². The lowest BCUT2D eigenvalue weighted by Gasteiger charge is -2.00. The summed E-state index contributed by atoms with van der Waals surface area (Å²) in [4.78, 5) is 0. The van der Waals surface area contributed by atoms with Crippen LogP contribution in [-0.4, -0.2) is 6.54 Å². The van der Waals surface area contributed by atoms with Crippen LogP contribution in [-0.2, 0) is 0 Å². The Balaban J connectivity index is 2.15. The molecule has 15 heavy (non-hydrogen) atoms. The van der Waals surface area contributed by atoms with Crippen LogP contribution < -0.4 is 10.9 Å². The first kappa shape index (κ1) is 12.3. The van der Waals surface area contributed by atoms with E-state index in [1.165, 1.54) is 44.9 Å². The third kappa shape index (κ3) is 8.25. The standard InChI is InChI=1S/C13H24N2/c1-2-4-6-8-10-12-14-15-13-11-9-7-5-3-1/h6,8,11,13-15H,1-5,7,9-10,12H2/b8-6+,13-11+. The van der Waals surface area contributed by atoms with Crippen LogP contribution >= 0.6 is 0 Å². The molecule has 2 N–H and O–H groups in total. The summed E-state index contributed by atoms with van der Waals surface area (Å²) in [7, 11) is 0. The maximum absolute atomic E-state index is 3.17. The van der Waals surface area contributed by atoms with Gasteiger partial charge >= 0.3 is 0 Å². The van der Waals surface area contributed by atoms with Crippen LogP contribution in [0.15, 0.2) is 24.4 Å². The van der Waals surface area contributed by atoms with E-state index < -0.39 is 0 Å². The van der Waals surface area contributed by atoms with Gasteiger partial charge in [0.15, 0.2) is 0 Å². The Kier molecular flexibility index (Phi) is 8.03. The largest absolute Gasteiger partial charge is 0.329 e. The molecular weight excluding hydrogens is 184 g/mol. The molecule has 1 aliphatic rings. The first-order valence-corrected chi connectivity index (χ1v) is 6.28. The van der Waals surface area contributed by atoms with Crippen molar-refractivity contribution in [2.45, 2.75) is 51.4 Å². The zero-order valence-corrected chi connectivity index (χ0v) is 9.67. The second-order valence-corrected chi connectivity index (χ2v) is 4.08. The van der Waals surface area contributed by atoms with Gasteiger partial charge in [-0.1, -0.05) is 37.5 Å². The Labute approximate surface area is 93.8 Å². The van der Waals surface area contributed by atoms with Crippen LogP contribution in [0.5, 0.6) is 0 Å². The zero-order valence-electron chi connectivity index (χ0n) is 9.67. The van der Waals surface area contributed by atoms with Gasteiger partial charge in [-0.2, -0.15) is 0 Å². The SMILES string of the molecule is C1=C/CCNN/C=C/CCCCCCC/1. The molecule has 0 amide bonds. The number of hydrazine groups is 1. The first-order valence-electron chi connectivity index (χ1n) is 6.28. The van der Waals surface area contributed by atoms with E-state index in [-0.39, 0.29) is 0 Å². The third-order valence-corrected chi connectivity index (χ3v) is 2.65. The van der Waals surface area contributed by atoms with Crippen molar-refractivity contribution in [3.63, 3.8) is 0 Å². The van der Waals surface area contributed by atoms with Gasteiger partial charge in [0.1, 0.15) is 0 Å². The van der Waals surface area contributed by atoms with E-state index >= 15 is 0 Å². The molecule has 0 aromatic carbocycles. The predicted octanol–water partition coefficient (Wildman–Crippen LogP) is 3.28. The number of rotatable bonds is 0. The summed E-state index contributed by atoms with van der Waals surface area (Å²) in [6.45, 7) is 1.00. The number of nitrogens with one attached hydrogen (secondary N) is 2. The van der Waals surface area contributed by atoms with Gasteiger partial charge in [0.25, 0.3) is 0 Å². The molecule has 0 atom stereocenters. The normalized spacial score (nSPS) is 25.6. The van der Waals surface area contributed by atoms with E-state index in [0.717, 1.165) is 13.0 Å². The molecule has 0 aromatic heterocycles. The summed E-state index contributed by atoms with van der Waals surface area (Å²) in [5.74, 6) is 0. The summed E-state index contributed by atoms with van der Waals surface area (Å²) < 4.78 is 0. The summed E-state index contributed by atoms with van der Waals surface area (Å²) >= 11 is 0. The molecule has 0 saturated carbocycles. The second-order valence-electron chi connectivity index (χ2n) is 4.08. The Bertz CT molecular complexity index is 165. The van der Waals surface area contributed by atoms with Crippen LogP contribution in [0, 0.1) is 0 Å². The molecular formula is C13H24N2. The fourth-order valence-corrected chi connectivity index (χ4v) is 1.72. The zero-order chi connectivity index (χ0) is 10.6. The van der Waals surface area contributed by atoms with Gasteiger partial charge in [0, 0.05) is 12.7 Å². The van der Waals surface area contributed by atoms with E-state index in [2.05, 4.69) is 29.1 Å². The molecule has 86 valence electrons. The predicted molar refractivity (Wildman–Crippen MR) is 66.4 cm³/mol. The molecule has 0 bridgehead atoms. The highest BCUT2D eigenvalue weighted by Crippen LogP contribution is 2.08. The van der Waals surface area contributed by atoms with Gasteiger partial charge < -0.3 is 5.43 Å². The second kappa shape index (κ2) is 9.78. The molecule has 1 rings (SSSR count). The minimum absolute atomic E-state index is 1.00. The van der Waals surface area contributed by atoms with Gasteiger partial charge in [0.2, 0.25) is 0 Å². The molecule has 0 aromatic rings. The molecule has 0 radical (unpaired) electrons. The van der Waals surface area contributed by atoms with Crippen LogP contribution in [0.2, 0.25) is 0 Å². The summed E-state index contributed by atoms with van der Waals surface area (Å²) in [6.07, 6.45) is 19.2. The number of allylic oxidation sites excluding steroid dienone is 2. The smallest absolute Gasteiger partial charge is 0.0182 e. The van der Waals surface area contributed by atoms with Gasteiger partial charge in [-0.3, -0.25) is 0 Å². The van der Waals surface area contributed by atoms with Crippen LogP contribution in [0.4, 0.5) is 0 Å². The third-order valence-electron chi connectivity index (χ3n) is 2.65. The molecule has 0 aliphatic carbocycles. The number of hydrogen-bond donors (Lipinski definition) is 2. The van der Waals surface area contributed by atoms with Crippen molar-refractivity contribution in [2.75, 3.05) is 6.54 Å². The summed E-state index contributed by atoms with van der Waals surface area (Å²) in [5.41, 5.74) is 6.26. The van der Waals surface area contributed by atoms with E-state index in [1.807, 2.05) is 6.20 Å². The summed E-state index contributed by atoms with van der Waals surface area (Å²) in [6, 6.07) is 0. The van der Waals surface area contributed by atoms with Gasteiger partial charge in [-0.25, -0.2) is 5.43 Å². The molecule has 2 heteroatoms. The van der Waals surface area contributed by atoms with Crippen LogP contribution in [0.3, 0.4) is 0 Å². The minimum atomic E-state index is 1.00. The van der Waals surface area contributed by atoms with E-state index in [4.69, 9.17) is 0 Å². The highest BCUT2D eigenvalue weighted by molar-refractivity contribution is 4.83. The molecule has 0 fully saturated rings. The molecule has 1 aliphatic heterocycles. The van der Waals surface area contributed by atoms with E-state index in [9.17, 15) is 0 Å². The minimum Gasteiger partial charge on any atom is -0.329 e. The van der Waals surface area contributed by atoms with Crippen molar-refractivity contribution < 1.29 is 0 Å². The first-order chi connectivity index (χ1) is 7.50. The Hall–Kier alpha value is -0.760. The summed E-state index contributed by atoms with van der Waals surface area (Å²) in [5, 5.41) is 0. The fraction of sp³-hybridized carbons (Fsp3) is 0.692. The molecule has 0 spiro atoms. The average molecular weight is 208 g/mol. The van der Waals surface area contributed by atoms with Gasteiger partial charge in [-0.15, -0.1) is 0 Å². The fourth-order valence-electron chi connectivity index (χ4n) is 1.72. The van der Waals surface area contributed by atoms with E-state index in [1.54, 1.807) is 0 Å². The van der Waals surface area contributed by atoms with Crippen molar-refractivity contribution >= 4 is 0 Å². The van der Waals surface area contributed by atoms with Crippen molar-refractivity contribution in [3.8, 4) is 0 Å². The quantitative estimate of drug-likeness (QED) is 0.597. The Morgan fingerprint density at radius 1 is 0.667 bits per heavy atom. The highest BCUT2D eigenvalue weighted by Gasteiger charge is 1.89. The monoisotopic (exact) mass is 208 g/mol. The van der Waals surface area contributed by atoms with Crippen LogP contribution in [0.25, 0.3) is 0 Å². The lowest BCUT2D eigenvalue weighted by atomic mass is 10.1. The van der Waals surface area contributed by atoms with Gasteiger partial charge in [0.05, 0.1) is 0 Å². The molecule has 0 saturated heterocycles. The Morgan fingerprint density at radius 2 is 1.33 bits per heavy atom. The molecule has 2 nitrogen and oxygen atoms in total. The number of hydrogen-bond acceptors (Lipinski definition) is 2. The average Bonchev–Trinajstić information content (AvgIpc) is 2.27. The molecule has 1 heterocycles. The van der Waals surface area contributed by atoms with Crippen molar-refractivity contribution in [2.24, 2.45) is 0 Å². The topological polar surface area (TPSA) is 24.1 Å². The maximum atomic E-state index is 3.17. The lowest BCUT2D eigenvalue weighted by molar-refractivity contribution is 0.619. The van der Waals surface area contributed by atoms with Crippen molar-refractivity contribution in [1.29, 1.82) is 0 Å². The highest BCUT2D eigenvalue weighted by atomic mass is 15.3. The van der Waals surface area contributed by atoms with Crippen LogP contribution in [0.1, 0.15) is 51.4 Å². The lowest BCUT2D eigenvalue weighted by Crippen LogP contribution is -2.27. The maximum Gasteiger partial charge on any atom is 0.0182 e. The van der Waals surface area contributed by atoms with Crippen molar-refractivity contribution in [1.82, 2.24) is 10.9 Å².